The standard InChI is InChI=1S/C13H17N3O2S/c1-4-14-8-12-15-16-13(19-12)10-6-5-9(17-2)7-11(10)18-3/h5-7,14H,4,8H2,1-3H3. The van der Waals surface area contributed by atoms with Gasteiger partial charge in [-0.25, -0.2) is 0 Å². The molecule has 1 heterocycles. The SMILES string of the molecule is CCNCc1nnc(-c2ccc(OC)cc2OC)s1. The molecule has 0 amide bonds. The molecule has 6 heteroatoms. The highest BCUT2D eigenvalue weighted by atomic mass is 32.1. The van der Waals surface area contributed by atoms with Gasteiger partial charge in [0.1, 0.15) is 16.5 Å². The highest BCUT2D eigenvalue weighted by molar-refractivity contribution is 7.14. The molecule has 1 aromatic carbocycles. The van der Waals surface area contributed by atoms with Crippen molar-refractivity contribution in [3.63, 3.8) is 0 Å². The minimum Gasteiger partial charge on any atom is -0.497 e. The second-order valence-electron chi connectivity index (χ2n) is 3.85. The van der Waals surface area contributed by atoms with E-state index in [0.29, 0.717) is 0 Å². The Morgan fingerprint density at radius 1 is 1.21 bits per heavy atom. The van der Waals surface area contributed by atoms with Crippen LogP contribution in [0.5, 0.6) is 11.5 Å². The average molecular weight is 279 g/mol. The quantitative estimate of drug-likeness (QED) is 0.879. The van der Waals surface area contributed by atoms with Gasteiger partial charge in [-0.1, -0.05) is 18.3 Å². The summed E-state index contributed by atoms with van der Waals surface area (Å²) in [6.07, 6.45) is 0. The van der Waals surface area contributed by atoms with Gasteiger partial charge < -0.3 is 14.8 Å². The number of nitrogens with zero attached hydrogens (tertiary/aromatic N) is 2. The summed E-state index contributed by atoms with van der Waals surface area (Å²) in [4.78, 5) is 0. The molecule has 0 aliphatic heterocycles. The zero-order valence-corrected chi connectivity index (χ0v) is 12.1. The molecule has 1 aromatic heterocycles. The molecule has 2 rings (SSSR count). The molecule has 0 unspecified atom stereocenters. The van der Waals surface area contributed by atoms with E-state index in [1.165, 1.54) is 0 Å². The van der Waals surface area contributed by atoms with Crippen LogP contribution in [0.15, 0.2) is 18.2 Å². The summed E-state index contributed by atoms with van der Waals surface area (Å²) in [5.41, 5.74) is 0.934. The Labute approximate surface area is 116 Å². The van der Waals surface area contributed by atoms with Gasteiger partial charge in [-0.2, -0.15) is 0 Å². The normalized spacial score (nSPS) is 10.5. The summed E-state index contributed by atoms with van der Waals surface area (Å²) in [5.74, 6) is 1.50. The second-order valence-corrected chi connectivity index (χ2v) is 4.91. The van der Waals surface area contributed by atoms with Crippen LogP contribution in [0.1, 0.15) is 11.9 Å². The predicted molar refractivity (Wildman–Crippen MR) is 75.8 cm³/mol. The Kier molecular flexibility index (Phi) is 4.70. The first-order valence-electron chi connectivity index (χ1n) is 6.04. The summed E-state index contributed by atoms with van der Waals surface area (Å²) in [6, 6.07) is 5.68. The van der Waals surface area contributed by atoms with Crippen LogP contribution in [-0.2, 0) is 6.54 Å². The van der Waals surface area contributed by atoms with Crippen molar-refractivity contribution in [2.24, 2.45) is 0 Å². The lowest BCUT2D eigenvalue weighted by Crippen LogP contribution is -2.11. The van der Waals surface area contributed by atoms with E-state index in [1.807, 2.05) is 18.2 Å². The van der Waals surface area contributed by atoms with Crippen molar-refractivity contribution < 1.29 is 9.47 Å². The van der Waals surface area contributed by atoms with Gasteiger partial charge in [-0.15, -0.1) is 10.2 Å². The van der Waals surface area contributed by atoms with Gasteiger partial charge in [-0.05, 0) is 18.7 Å². The maximum Gasteiger partial charge on any atom is 0.151 e. The molecule has 0 spiro atoms. The molecule has 0 atom stereocenters. The maximum atomic E-state index is 5.38. The Morgan fingerprint density at radius 3 is 2.74 bits per heavy atom. The highest BCUT2D eigenvalue weighted by Crippen LogP contribution is 2.34. The van der Waals surface area contributed by atoms with Crippen LogP contribution in [0.3, 0.4) is 0 Å². The monoisotopic (exact) mass is 279 g/mol. The van der Waals surface area contributed by atoms with E-state index >= 15 is 0 Å². The van der Waals surface area contributed by atoms with Gasteiger partial charge in [0, 0.05) is 12.6 Å². The predicted octanol–water partition coefficient (Wildman–Crippen LogP) is 2.33. The van der Waals surface area contributed by atoms with Crippen LogP contribution in [0.25, 0.3) is 10.6 Å². The first-order valence-corrected chi connectivity index (χ1v) is 6.85. The van der Waals surface area contributed by atoms with Gasteiger partial charge in [-0.3, -0.25) is 0 Å². The van der Waals surface area contributed by atoms with Crippen molar-refractivity contribution in [3.05, 3.63) is 23.2 Å². The molecule has 0 saturated carbocycles. The van der Waals surface area contributed by atoms with E-state index in [2.05, 4.69) is 22.4 Å². The van der Waals surface area contributed by atoms with Crippen molar-refractivity contribution in [2.75, 3.05) is 20.8 Å². The first-order chi connectivity index (χ1) is 9.28. The molecular formula is C13H17N3O2S. The van der Waals surface area contributed by atoms with Gasteiger partial charge in [0.05, 0.1) is 19.8 Å². The highest BCUT2D eigenvalue weighted by Gasteiger charge is 2.12. The van der Waals surface area contributed by atoms with Crippen molar-refractivity contribution in [1.82, 2.24) is 15.5 Å². The van der Waals surface area contributed by atoms with Gasteiger partial charge >= 0.3 is 0 Å². The summed E-state index contributed by atoms with van der Waals surface area (Å²) in [5, 5.41) is 13.4. The van der Waals surface area contributed by atoms with E-state index in [9.17, 15) is 0 Å². The summed E-state index contributed by atoms with van der Waals surface area (Å²) in [7, 11) is 3.27. The van der Waals surface area contributed by atoms with Gasteiger partial charge in [0.25, 0.3) is 0 Å². The van der Waals surface area contributed by atoms with Crippen LogP contribution in [0.2, 0.25) is 0 Å². The van der Waals surface area contributed by atoms with Crippen molar-refractivity contribution in [1.29, 1.82) is 0 Å². The fourth-order valence-electron chi connectivity index (χ4n) is 1.64. The molecule has 0 radical (unpaired) electrons. The van der Waals surface area contributed by atoms with E-state index in [1.54, 1.807) is 25.6 Å². The minimum atomic E-state index is 0.741. The number of aromatic nitrogens is 2. The van der Waals surface area contributed by atoms with E-state index in [0.717, 1.165) is 40.2 Å². The zero-order valence-electron chi connectivity index (χ0n) is 11.3. The number of nitrogens with one attached hydrogen (secondary N) is 1. The van der Waals surface area contributed by atoms with Crippen molar-refractivity contribution >= 4 is 11.3 Å². The maximum absolute atomic E-state index is 5.38. The van der Waals surface area contributed by atoms with Crippen molar-refractivity contribution in [2.45, 2.75) is 13.5 Å². The zero-order chi connectivity index (χ0) is 13.7. The van der Waals surface area contributed by atoms with Crippen LogP contribution in [-0.4, -0.2) is 31.0 Å². The molecule has 0 saturated heterocycles. The van der Waals surface area contributed by atoms with Gasteiger partial charge in [0.2, 0.25) is 0 Å². The number of methoxy groups -OCH3 is 2. The third kappa shape index (κ3) is 3.21. The molecule has 0 aliphatic carbocycles. The third-order valence-corrected chi connectivity index (χ3v) is 3.59. The molecular weight excluding hydrogens is 262 g/mol. The minimum absolute atomic E-state index is 0.741. The number of hydrogen-bond acceptors (Lipinski definition) is 6. The molecule has 5 nitrogen and oxygen atoms in total. The Bertz CT molecular complexity index is 542. The van der Waals surface area contributed by atoms with Crippen LogP contribution < -0.4 is 14.8 Å². The number of ether oxygens (including phenoxy) is 2. The molecule has 1 N–H and O–H groups in total. The summed E-state index contributed by atoms with van der Waals surface area (Å²) >= 11 is 1.56. The largest absolute Gasteiger partial charge is 0.497 e. The summed E-state index contributed by atoms with van der Waals surface area (Å²) in [6.45, 7) is 3.72. The van der Waals surface area contributed by atoms with Crippen LogP contribution >= 0.6 is 11.3 Å². The topological polar surface area (TPSA) is 56.3 Å². The summed E-state index contributed by atoms with van der Waals surface area (Å²) < 4.78 is 10.6. The fraction of sp³-hybridized carbons (Fsp3) is 0.385. The van der Waals surface area contributed by atoms with Crippen molar-refractivity contribution in [3.8, 4) is 22.1 Å². The third-order valence-electron chi connectivity index (χ3n) is 2.63. The van der Waals surface area contributed by atoms with Crippen LogP contribution in [0, 0.1) is 0 Å². The number of benzene rings is 1. The number of rotatable bonds is 6. The lowest BCUT2D eigenvalue weighted by Gasteiger charge is -2.07. The average Bonchev–Trinajstić information content (AvgIpc) is 2.92. The lowest BCUT2D eigenvalue weighted by molar-refractivity contribution is 0.395. The molecule has 0 aliphatic rings. The Hall–Kier alpha value is -1.66. The van der Waals surface area contributed by atoms with E-state index in [4.69, 9.17) is 9.47 Å². The smallest absolute Gasteiger partial charge is 0.151 e. The second kappa shape index (κ2) is 6.49. The molecule has 102 valence electrons. The molecule has 0 fully saturated rings. The first kappa shape index (κ1) is 13.8. The van der Waals surface area contributed by atoms with E-state index in [-0.39, 0.29) is 0 Å². The molecule has 2 aromatic rings. The Balaban J connectivity index is 2.27. The number of hydrogen-bond donors (Lipinski definition) is 1. The lowest BCUT2D eigenvalue weighted by atomic mass is 10.2. The van der Waals surface area contributed by atoms with Crippen LogP contribution in [0.4, 0.5) is 0 Å². The van der Waals surface area contributed by atoms with Gasteiger partial charge in [0.15, 0.2) is 5.01 Å². The Morgan fingerprint density at radius 2 is 2.05 bits per heavy atom. The molecule has 19 heavy (non-hydrogen) atoms. The van der Waals surface area contributed by atoms with E-state index < -0.39 is 0 Å². The fourth-order valence-corrected chi connectivity index (χ4v) is 2.48. The molecule has 0 bridgehead atoms.